The summed E-state index contributed by atoms with van der Waals surface area (Å²) in [6.45, 7) is -0.616. The van der Waals surface area contributed by atoms with Crippen LogP contribution in [0.3, 0.4) is 0 Å². The summed E-state index contributed by atoms with van der Waals surface area (Å²) < 4.78 is 30.8. The molecule has 0 atom stereocenters. The Labute approximate surface area is 237 Å². The number of carbonyl (C=O) groups excluding carboxylic acids is 2. The number of nitrogens with zero attached hydrogens (tertiary/aromatic N) is 2. The molecule has 14 nitrogen and oxygen atoms in total. The van der Waals surface area contributed by atoms with Crippen molar-refractivity contribution < 1.29 is 47.9 Å². The van der Waals surface area contributed by atoms with Gasteiger partial charge in [0.05, 0.1) is 74.4 Å². The highest BCUT2D eigenvalue weighted by Gasteiger charge is 2.22. The van der Waals surface area contributed by atoms with E-state index >= 15 is 0 Å². The molecule has 40 heavy (non-hydrogen) atoms. The maximum absolute atomic E-state index is 12.1. The summed E-state index contributed by atoms with van der Waals surface area (Å²) in [5.41, 5.74) is -0.198. The summed E-state index contributed by atoms with van der Waals surface area (Å²) in [5, 5.41) is 22.7. The minimum absolute atomic E-state index is 0.0478. The lowest BCUT2D eigenvalue weighted by Gasteiger charge is -2.11. The third kappa shape index (κ3) is 9.37. The van der Waals surface area contributed by atoms with Crippen LogP contribution in [-0.4, -0.2) is 61.7 Å². The van der Waals surface area contributed by atoms with Crippen LogP contribution in [0.2, 0.25) is 0 Å². The first-order chi connectivity index (χ1) is 19.1. The lowest BCUT2D eigenvalue weighted by Crippen LogP contribution is -2.08. The molecule has 2 aromatic rings. The van der Waals surface area contributed by atoms with Crippen LogP contribution in [0, 0.1) is 20.2 Å². The Kier molecular flexibility index (Phi) is 13.1. The van der Waals surface area contributed by atoms with Crippen LogP contribution in [0.25, 0.3) is 0 Å². The van der Waals surface area contributed by atoms with Gasteiger partial charge in [0.25, 0.3) is 11.4 Å². The summed E-state index contributed by atoms with van der Waals surface area (Å²) in [5.74, 6) is 0.571. The van der Waals surface area contributed by atoms with E-state index in [1.165, 1.54) is 74.3 Å². The van der Waals surface area contributed by atoms with Gasteiger partial charge < -0.3 is 28.4 Å². The second-order valence-corrected chi connectivity index (χ2v) is 10.4. The predicted molar refractivity (Wildman–Crippen MR) is 146 cm³/mol. The molecule has 0 fully saturated rings. The first-order valence-electron chi connectivity index (χ1n) is 11.5. The van der Waals surface area contributed by atoms with E-state index in [1.807, 2.05) is 0 Å². The fourth-order valence-corrected chi connectivity index (χ4v) is 5.16. The first kappa shape index (κ1) is 32.3. The molecule has 16 heteroatoms. The molecule has 0 heterocycles. The zero-order valence-electron chi connectivity index (χ0n) is 22.2. The Balaban J connectivity index is 1.73. The Morgan fingerprint density at radius 1 is 0.650 bits per heavy atom. The number of esters is 2. The summed E-state index contributed by atoms with van der Waals surface area (Å²) in [4.78, 5) is 45.7. The highest BCUT2D eigenvalue weighted by Crippen LogP contribution is 2.36. The summed E-state index contributed by atoms with van der Waals surface area (Å²) in [6, 6.07) is 5.18. The van der Waals surface area contributed by atoms with Crippen molar-refractivity contribution in [3.63, 3.8) is 0 Å². The van der Waals surface area contributed by atoms with Gasteiger partial charge in [0.15, 0.2) is 23.0 Å². The number of ether oxygens (including phenoxy) is 6. The largest absolute Gasteiger partial charge is 0.493 e. The maximum atomic E-state index is 12.1. The number of benzene rings is 2. The van der Waals surface area contributed by atoms with E-state index in [2.05, 4.69) is 0 Å². The fourth-order valence-electron chi connectivity index (χ4n) is 3.22. The topological polar surface area (TPSA) is 176 Å². The van der Waals surface area contributed by atoms with E-state index < -0.39 is 21.8 Å². The molecule has 0 aliphatic rings. The van der Waals surface area contributed by atoms with Gasteiger partial charge >= 0.3 is 11.9 Å². The molecule has 0 spiro atoms. The molecular weight excluding hydrogens is 572 g/mol. The van der Waals surface area contributed by atoms with Gasteiger partial charge in [-0.25, -0.2) is 0 Å². The van der Waals surface area contributed by atoms with Gasteiger partial charge in [-0.05, 0) is 12.1 Å². The van der Waals surface area contributed by atoms with Crippen LogP contribution in [0.15, 0.2) is 24.3 Å². The molecule has 0 aliphatic heterocycles. The third-order valence-corrected chi connectivity index (χ3v) is 7.61. The summed E-state index contributed by atoms with van der Waals surface area (Å²) in [6.07, 6.45) is 0.0956. The minimum Gasteiger partial charge on any atom is -0.493 e. The minimum atomic E-state index is -0.599. The number of rotatable bonds is 17. The molecule has 0 amide bonds. The molecule has 218 valence electrons. The molecule has 2 rings (SSSR count). The smallest absolute Gasteiger partial charge is 0.306 e. The van der Waals surface area contributed by atoms with Crippen molar-refractivity contribution in [3.05, 3.63) is 55.6 Å². The van der Waals surface area contributed by atoms with Crippen LogP contribution >= 0.6 is 21.6 Å². The molecule has 0 aromatic heterocycles. The number of carbonyl (C=O) groups is 2. The average Bonchev–Trinajstić information content (AvgIpc) is 2.95. The Morgan fingerprint density at radius 2 is 0.975 bits per heavy atom. The molecule has 0 saturated carbocycles. The molecule has 0 N–H and O–H groups in total. The van der Waals surface area contributed by atoms with E-state index in [0.717, 1.165) is 0 Å². The van der Waals surface area contributed by atoms with E-state index in [9.17, 15) is 29.8 Å². The van der Waals surface area contributed by atoms with E-state index in [-0.39, 0.29) is 71.6 Å². The third-order valence-electron chi connectivity index (χ3n) is 5.20. The van der Waals surface area contributed by atoms with Gasteiger partial charge in [0.2, 0.25) is 0 Å². The normalized spacial score (nSPS) is 10.4. The van der Waals surface area contributed by atoms with Crippen LogP contribution in [0.4, 0.5) is 11.4 Å². The monoisotopic (exact) mass is 600 g/mol. The highest BCUT2D eigenvalue weighted by atomic mass is 33.1. The van der Waals surface area contributed by atoms with Gasteiger partial charge in [-0.2, -0.15) is 0 Å². The Hall–Kier alpha value is -3.92. The predicted octanol–water partition coefficient (Wildman–Crippen LogP) is 4.49. The van der Waals surface area contributed by atoms with Crippen molar-refractivity contribution >= 4 is 44.9 Å². The summed E-state index contributed by atoms with van der Waals surface area (Å²) in [7, 11) is 8.16. The summed E-state index contributed by atoms with van der Waals surface area (Å²) >= 11 is 0. The van der Waals surface area contributed by atoms with Crippen LogP contribution < -0.4 is 18.9 Å². The van der Waals surface area contributed by atoms with Gasteiger partial charge in [-0.15, -0.1) is 0 Å². The quantitative estimate of drug-likeness (QED) is 0.0816. The highest BCUT2D eigenvalue weighted by molar-refractivity contribution is 8.76. The standard InChI is InChI=1S/C24H28N2O12S2/c1-33-19-9-15(17(25(29)30)11-21(19)35-3)13-37-23(27)5-7-39-40-8-6-24(28)38-14-16-10-20(34-2)22(36-4)12-18(16)26(31)32/h9-12H,5-8,13-14H2,1-4H3. The number of nitro benzene ring substituents is 2. The molecule has 0 unspecified atom stereocenters. The van der Waals surface area contributed by atoms with Gasteiger partial charge in [0, 0.05) is 11.5 Å². The number of hydrogen-bond acceptors (Lipinski definition) is 14. The SMILES string of the molecule is COc1cc(COC(=O)CCSSCCC(=O)OCc2cc(OC)c(OC)cc2[N+](=O)[O-])c([N+](=O)[O-])cc1OC. The lowest BCUT2D eigenvalue weighted by atomic mass is 10.1. The molecule has 0 radical (unpaired) electrons. The molecule has 0 aliphatic carbocycles. The van der Waals surface area contributed by atoms with Crippen molar-refractivity contribution in [1.82, 2.24) is 0 Å². The number of nitro groups is 2. The molecule has 2 aromatic carbocycles. The van der Waals surface area contributed by atoms with Crippen LogP contribution in [0.5, 0.6) is 23.0 Å². The van der Waals surface area contributed by atoms with Crippen molar-refractivity contribution in [2.45, 2.75) is 26.1 Å². The molecular formula is C24H28N2O12S2. The van der Waals surface area contributed by atoms with Crippen molar-refractivity contribution in [1.29, 1.82) is 0 Å². The maximum Gasteiger partial charge on any atom is 0.306 e. The van der Waals surface area contributed by atoms with Crippen molar-refractivity contribution in [3.8, 4) is 23.0 Å². The van der Waals surface area contributed by atoms with Gasteiger partial charge in [-0.1, -0.05) is 21.6 Å². The van der Waals surface area contributed by atoms with Gasteiger partial charge in [-0.3, -0.25) is 29.8 Å². The number of methoxy groups -OCH3 is 4. The second kappa shape index (κ2) is 16.2. The first-order valence-corrected chi connectivity index (χ1v) is 14.0. The fraction of sp³-hybridized carbons (Fsp3) is 0.417. The van der Waals surface area contributed by atoms with Crippen molar-refractivity contribution in [2.75, 3.05) is 39.9 Å². The lowest BCUT2D eigenvalue weighted by molar-refractivity contribution is -0.386. The Bertz CT molecular complexity index is 1130. The van der Waals surface area contributed by atoms with Crippen LogP contribution in [-0.2, 0) is 32.3 Å². The van der Waals surface area contributed by atoms with E-state index in [1.54, 1.807) is 0 Å². The zero-order chi connectivity index (χ0) is 29.7. The van der Waals surface area contributed by atoms with E-state index in [0.29, 0.717) is 11.5 Å². The van der Waals surface area contributed by atoms with Gasteiger partial charge in [0.1, 0.15) is 13.2 Å². The molecule has 0 saturated heterocycles. The average molecular weight is 601 g/mol. The number of hydrogen-bond donors (Lipinski definition) is 0. The van der Waals surface area contributed by atoms with Crippen LogP contribution in [0.1, 0.15) is 24.0 Å². The molecule has 0 bridgehead atoms. The van der Waals surface area contributed by atoms with E-state index in [4.69, 9.17) is 28.4 Å². The zero-order valence-corrected chi connectivity index (χ0v) is 23.8. The second-order valence-electron chi connectivity index (χ2n) is 7.65. The Morgan fingerprint density at radius 3 is 1.27 bits per heavy atom. The van der Waals surface area contributed by atoms with Crippen molar-refractivity contribution in [2.24, 2.45) is 0 Å².